The van der Waals surface area contributed by atoms with Gasteiger partial charge in [-0.05, 0) is 56.7 Å². The summed E-state index contributed by atoms with van der Waals surface area (Å²) in [5.41, 5.74) is 1.28. The van der Waals surface area contributed by atoms with Crippen molar-refractivity contribution in [3.63, 3.8) is 0 Å². The molecule has 1 fully saturated rings. The van der Waals surface area contributed by atoms with Gasteiger partial charge in [0.15, 0.2) is 0 Å². The molecule has 1 aromatic heterocycles. The molecule has 20 heavy (non-hydrogen) atoms. The van der Waals surface area contributed by atoms with Gasteiger partial charge in [-0.3, -0.25) is 4.68 Å². The molecule has 1 unspecified atom stereocenters. The summed E-state index contributed by atoms with van der Waals surface area (Å²) in [7, 11) is 0. The zero-order valence-electron chi connectivity index (χ0n) is 13.4. The minimum Gasteiger partial charge on any atom is -0.317 e. The third-order valence-corrected chi connectivity index (χ3v) is 4.35. The van der Waals surface area contributed by atoms with Crippen LogP contribution in [0.1, 0.15) is 64.6 Å². The first-order valence-electron chi connectivity index (χ1n) is 8.43. The van der Waals surface area contributed by atoms with Gasteiger partial charge in [0.2, 0.25) is 0 Å². The Morgan fingerprint density at radius 2 is 2.10 bits per heavy atom. The van der Waals surface area contributed by atoms with Crippen molar-refractivity contribution in [3.05, 3.63) is 18.0 Å². The monoisotopic (exact) mass is 277 g/mol. The van der Waals surface area contributed by atoms with E-state index in [1.165, 1.54) is 37.8 Å². The van der Waals surface area contributed by atoms with Gasteiger partial charge in [-0.1, -0.05) is 33.6 Å². The van der Waals surface area contributed by atoms with Crippen molar-refractivity contribution in [3.8, 4) is 0 Å². The van der Waals surface area contributed by atoms with E-state index in [1.54, 1.807) is 0 Å². The van der Waals surface area contributed by atoms with Gasteiger partial charge < -0.3 is 5.32 Å². The summed E-state index contributed by atoms with van der Waals surface area (Å²) in [5.74, 6) is 1.47. The molecule has 3 heteroatoms. The van der Waals surface area contributed by atoms with E-state index in [0.717, 1.165) is 25.4 Å². The maximum Gasteiger partial charge on any atom is 0.0627 e. The Balaban J connectivity index is 1.91. The van der Waals surface area contributed by atoms with E-state index < -0.39 is 0 Å². The molecule has 0 bridgehead atoms. The molecule has 1 atom stereocenters. The molecule has 1 heterocycles. The zero-order chi connectivity index (χ0) is 14.4. The predicted molar refractivity (Wildman–Crippen MR) is 84.9 cm³/mol. The largest absolute Gasteiger partial charge is 0.317 e. The maximum atomic E-state index is 4.84. The van der Waals surface area contributed by atoms with Crippen LogP contribution in [-0.2, 0) is 6.42 Å². The SMILES string of the molecule is CCNCC(Cc1ccn(C2CCCC2)n1)CC(C)C. The van der Waals surface area contributed by atoms with Crippen molar-refractivity contribution >= 4 is 0 Å². The minimum atomic E-state index is 0.668. The zero-order valence-corrected chi connectivity index (χ0v) is 13.4. The van der Waals surface area contributed by atoms with E-state index in [0.29, 0.717) is 12.0 Å². The van der Waals surface area contributed by atoms with Crippen LogP contribution in [0, 0.1) is 11.8 Å². The van der Waals surface area contributed by atoms with E-state index in [2.05, 4.69) is 43.0 Å². The second kappa shape index (κ2) is 7.82. The summed E-state index contributed by atoms with van der Waals surface area (Å²) in [4.78, 5) is 0. The second-order valence-corrected chi connectivity index (χ2v) is 6.73. The number of nitrogens with one attached hydrogen (secondary N) is 1. The molecule has 1 aliphatic rings. The van der Waals surface area contributed by atoms with E-state index in [1.807, 2.05) is 0 Å². The first kappa shape index (κ1) is 15.6. The highest BCUT2D eigenvalue weighted by Crippen LogP contribution is 2.29. The number of hydrogen-bond donors (Lipinski definition) is 1. The summed E-state index contributed by atoms with van der Waals surface area (Å²) in [6, 6.07) is 2.90. The van der Waals surface area contributed by atoms with E-state index >= 15 is 0 Å². The first-order chi connectivity index (χ1) is 9.69. The minimum absolute atomic E-state index is 0.668. The molecule has 0 amide bonds. The number of rotatable bonds is 8. The lowest BCUT2D eigenvalue weighted by Gasteiger charge is -2.18. The van der Waals surface area contributed by atoms with Gasteiger partial charge in [-0.2, -0.15) is 5.10 Å². The highest BCUT2D eigenvalue weighted by Gasteiger charge is 2.18. The topological polar surface area (TPSA) is 29.9 Å². The van der Waals surface area contributed by atoms with Crippen molar-refractivity contribution in [2.45, 2.75) is 65.3 Å². The fraction of sp³-hybridized carbons (Fsp3) is 0.824. The van der Waals surface area contributed by atoms with Crippen LogP contribution in [0.25, 0.3) is 0 Å². The summed E-state index contributed by atoms with van der Waals surface area (Å²) in [6.07, 6.45) is 9.97. The molecular formula is C17H31N3. The van der Waals surface area contributed by atoms with Gasteiger partial charge in [0.1, 0.15) is 0 Å². The van der Waals surface area contributed by atoms with E-state index in [9.17, 15) is 0 Å². The predicted octanol–water partition coefficient (Wildman–Crippen LogP) is 3.81. The van der Waals surface area contributed by atoms with E-state index in [4.69, 9.17) is 5.10 Å². The summed E-state index contributed by atoms with van der Waals surface area (Å²) >= 11 is 0. The lowest BCUT2D eigenvalue weighted by Crippen LogP contribution is -2.25. The number of hydrogen-bond acceptors (Lipinski definition) is 2. The van der Waals surface area contributed by atoms with Crippen molar-refractivity contribution in [1.29, 1.82) is 0 Å². The van der Waals surface area contributed by atoms with Gasteiger partial charge in [0, 0.05) is 6.20 Å². The van der Waals surface area contributed by atoms with Gasteiger partial charge >= 0.3 is 0 Å². The summed E-state index contributed by atoms with van der Waals surface area (Å²) in [6.45, 7) is 8.99. The van der Waals surface area contributed by atoms with Crippen LogP contribution in [-0.4, -0.2) is 22.9 Å². The molecule has 0 aliphatic heterocycles. The van der Waals surface area contributed by atoms with Crippen LogP contribution in [0.3, 0.4) is 0 Å². The number of aromatic nitrogens is 2. The van der Waals surface area contributed by atoms with Crippen LogP contribution in [0.4, 0.5) is 0 Å². The molecular weight excluding hydrogens is 246 g/mol. The Labute approximate surface area is 124 Å². The molecule has 0 spiro atoms. The molecule has 1 aliphatic carbocycles. The number of nitrogens with zero attached hydrogens (tertiary/aromatic N) is 2. The lowest BCUT2D eigenvalue weighted by molar-refractivity contribution is 0.381. The first-order valence-corrected chi connectivity index (χ1v) is 8.43. The van der Waals surface area contributed by atoms with Crippen LogP contribution in [0.2, 0.25) is 0 Å². The third-order valence-electron chi connectivity index (χ3n) is 4.35. The fourth-order valence-electron chi connectivity index (χ4n) is 3.41. The molecule has 0 aromatic carbocycles. The normalized spacial score (nSPS) is 18.0. The molecule has 1 aromatic rings. The average Bonchev–Trinajstić information content (AvgIpc) is 3.05. The highest BCUT2D eigenvalue weighted by atomic mass is 15.3. The van der Waals surface area contributed by atoms with Crippen molar-refractivity contribution < 1.29 is 0 Å². The molecule has 1 saturated carbocycles. The molecule has 2 rings (SSSR count). The van der Waals surface area contributed by atoms with Crippen molar-refractivity contribution in [1.82, 2.24) is 15.1 Å². The Morgan fingerprint density at radius 3 is 2.75 bits per heavy atom. The quantitative estimate of drug-likeness (QED) is 0.783. The standard InChI is InChI=1S/C17H31N3/c1-4-18-13-15(11-14(2)3)12-16-9-10-20(19-16)17-7-5-6-8-17/h9-10,14-15,17-18H,4-8,11-13H2,1-3H3. The van der Waals surface area contributed by atoms with Crippen molar-refractivity contribution in [2.24, 2.45) is 11.8 Å². The Hall–Kier alpha value is -0.830. The molecule has 114 valence electrons. The van der Waals surface area contributed by atoms with Crippen LogP contribution < -0.4 is 5.32 Å². The molecule has 0 saturated heterocycles. The molecule has 0 radical (unpaired) electrons. The second-order valence-electron chi connectivity index (χ2n) is 6.73. The van der Waals surface area contributed by atoms with E-state index in [-0.39, 0.29) is 0 Å². The van der Waals surface area contributed by atoms with Gasteiger partial charge in [0.25, 0.3) is 0 Å². The fourth-order valence-corrected chi connectivity index (χ4v) is 3.41. The maximum absolute atomic E-state index is 4.84. The molecule has 1 N–H and O–H groups in total. The Bertz CT molecular complexity index is 377. The van der Waals surface area contributed by atoms with Gasteiger partial charge in [-0.15, -0.1) is 0 Å². The summed E-state index contributed by atoms with van der Waals surface area (Å²) in [5, 5.41) is 8.34. The van der Waals surface area contributed by atoms with Crippen LogP contribution in [0.5, 0.6) is 0 Å². The van der Waals surface area contributed by atoms with Crippen molar-refractivity contribution in [2.75, 3.05) is 13.1 Å². The Kier molecular flexibility index (Phi) is 6.08. The lowest BCUT2D eigenvalue weighted by atomic mass is 9.93. The van der Waals surface area contributed by atoms with Gasteiger partial charge in [-0.25, -0.2) is 0 Å². The average molecular weight is 277 g/mol. The smallest absolute Gasteiger partial charge is 0.0627 e. The molecule has 3 nitrogen and oxygen atoms in total. The Morgan fingerprint density at radius 1 is 1.35 bits per heavy atom. The third kappa shape index (κ3) is 4.62. The van der Waals surface area contributed by atoms with Crippen LogP contribution >= 0.6 is 0 Å². The van der Waals surface area contributed by atoms with Crippen LogP contribution in [0.15, 0.2) is 12.3 Å². The summed E-state index contributed by atoms with van der Waals surface area (Å²) < 4.78 is 2.22. The van der Waals surface area contributed by atoms with Gasteiger partial charge in [0.05, 0.1) is 11.7 Å². The highest BCUT2D eigenvalue weighted by molar-refractivity contribution is 5.02.